The van der Waals surface area contributed by atoms with Crippen molar-refractivity contribution < 1.29 is 23.0 Å². The first-order chi connectivity index (χ1) is 18.4. The van der Waals surface area contributed by atoms with Crippen LogP contribution < -0.4 is 10.6 Å². The Morgan fingerprint density at radius 3 is 2.79 bits per heavy atom. The van der Waals surface area contributed by atoms with Crippen molar-refractivity contribution in [1.82, 2.24) is 15.5 Å². The van der Waals surface area contributed by atoms with E-state index in [2.05, 4.69) is 10.6 Å². The molecule has 3 fully saturated rings. The smallest absolute Gasteiger partial charge is 0.320 e. The summed E-state index contributed by atoms with van der Waals surface area (Å²) in [6.07, 6.45) is 8.15. The van der Waals surface area contributed by atoms with Gasteiger partial charge in [-0.25, -0.2) is 13.6 Å². The van der Waals surface area contributed by atoms with Crippen molar-refractivity contribution in [3.8, 4) is 0 Å². The summed E-state index contributed by atoms with van der Waals surface area (Å²) >= 11 is 6.14. The third-order valence-corrected chi connectivity index (χ3v) is 8.94. The van der Waals surface area contributed by atoms with Gasteiger partial charge in [-0.2, -0.15) is 0 Å². The summed E-state index contributed by atoms with van der Waals surface area (Å²) in [4.78, 5) is 14.7. The lowest BCUT2D eigenvalue weighted by Crippen LogP contribution is -2.58. The summed E-state index contributed by atoms with van der Waals surface area (Å²) in [6.45, 7) is 4.07. The van der Waals surface area contributed by atoms with Crippen LogP contribution in [-0.4, -0.2) is 62.2 Å². The number of carbonyl (C=O) groups excluding carboxylic acids is 1. The van der Waals surface area contributed by atoms with Gasteiger partial charge in [0, 0.05) is 37.9 Å². The second-order valence-electron chi connectivity index (χ2n) is 11.2. The van der Waals surface area contributed by atoms with E-state index in [1.54, 1.807) is 12.1 Å². The molecular formula is C29H44ClF2N3O3. The minimum absolute atomic E-state index is 0.0136. The molecule has 1 spiro atoms. The van der Waals surface area contributed by atoms with Crippen molar-refractivity contribution >= 4 is 17.6 Å². The van der Waals surface area contributed by atoms with E-state index in [4.69, 9.17) is 21.1 Å². The molecule has 3 aliphatic rings. The van der Waals surface area contributed by atoms with Crippen LogP contribution in [0.4, 0.5) is 13.6 Å². The van der Waals surface area contributed by atoms with E-state index in [0.717, 1.165) is 12.8 Å². The van der Waals surface area contributed by atoms with Gasteiger partial charge in [0.2, 0.25) is 6.30 Å². The van der Waals surface area contributed by atoms with Gasteiger partial charge in [0.1, 0.15) is 11.4 Å². The normalized spacial score (nSPS) is 28.4. The number of alkyl halides is 1. The molecule has 2 amide bonds. The van der Waals surface area contributed by atoms with E-state index in [-0.39, 0.29) is 16.6 Å². The van der Waals surface area contributed by atoms with E-state index < -0.39 is 29.3 Å². The number of hydrogen-bond acceptors (Lipinski definition) is 4. The molecule has 2 saturated heterocycles. The quantitative estimate of drug-likeness (QED) is 0.180. The fourth-order valence-corrected chi connectivity index (χ4v) is 6.90. The average molecular weight is 556 g/mol. The third-order valence-electron chi connectivity index (χ3n) is 8.64. The number of epoxide rings is 1. The highest BCUT2D eigenvalue weighted by molar-refractivity contribution is 6.30. The lowest BCUT2D eigenvalue weighted by atomic mass is 9.77. The van der Waals surface area contributed by atoms with Crippen LogP contribution in [0.2, 0.25) is 5.02 Å². The molecule has 4 atom stereocenters. The molecule has 1 aromatic carbocycles. The third kappa shape index (κ3) is 6.13. The molecular weight excluding hydrogens is 512 g/mol. The number of likely N-dealkylation sites (N-methyl/N-ethyl adjacent to an activating group) is 1. The molecule has 2 heterocycles. The number of unbranched alkanes of at least 4 members (excludes halogenated alkanes) is 1. The van der Waals surface area contributed by atoms with Gasteiger partial charge in [0.15, 0.2) is 5.60 Å². The van der Waals surface area contributed by atoms with E-state index in [1.807, 2.05) is 14.0 Å². The first kappa shape index (κ1) is 29.5. The Hall–Kier alpha value is -1.48. The summed E-state index contributed by atoms with van der Waals surface area (Å²) in [7, 11) is 1.87. The Labute approximate surface area is 231 Å². The van der Waals surface area contributed by atoms with Gasteiger partial charge in [-0.15, -0.1) is 0 Å². The second kappa shape index (κ2) is 13.2. The molecule has 0 aromatic heterocycles. The lowest BCUT2D eigenvalue weighted by Gasteiger charge is -2.38. The van der Waals surface area contributed by atoms with Gasteiger partial charge in [-0.05, 0) is 64.5 Å². The molecule has 0 radical (unpaired) electrons. The topological polar surface area (TPSA) is 66.1 Å². The van der Waals surface area contributed by atoms with Crippen molar-refractivity contribution in [1.29, 1.82) is 0 Å². The van der Waals surface area contributed by atoms with Crippen molar-refractivity contribution in [2.75, 3.05) is 33.4 Å². The zero-order valence-electron chi connectivity index (χ0n) is 22.9. The Kier molecular flexibility index (Phi) is 10.3. The van der Waals surface area contributed by atoms with Gasteiger partial charge in [0.25, 0.3) is 0 Å². The van der Waals surface area contributed by atoms with Crippen LogP contribution in [-0.2, 0) is 15.1 Å². The maximum Gasteiger partial charge on any atom is 0.320 e. The molecule has 0 bridgehead atoms. The molecule has 214 valence electrons. The molecule has 1 saturated carbocycles. The molecule has 4 rings (SSSR count). The van der Waals surface area contributed by atoms with Gasteiger partial charge in [-0.1, -0.05) is 55.8 Å². The molecule has 38 heavy (non-hydrogen) atoms. The molecule has 2 aliphatic heterocycles. The largest absolute Gasteiger partial charge is 0.382 e. The Bertz CT molecular complexity index is 934. The number of likely N-dealkylation sites (tertiary alicyclic amines) is 1. The highest BCUT2D eigenvalue weighted by atomic mass is 35.5. The molecule has 2 N–H and O–H groups in total. The lowest BCUT2D eigenvalue weighted by molar-refractivity contribution is 0.00301. The number of piperidine rings is 1. The highest BCUT2D eigenvalue weighted by Crippen LogP contribution is 2.65. The fraction of sp³-hybridized carbons (Fsp3) is 0.759. The summed E-state index contributed by atoms with van der Waals surface area (Å²) in [6, 6.07) is 4.30. The van der Waals surface area contributed by atoms with Gasteiger partial charge in [0.05, 0.1) is 5.02 Å². The first-order valence-electron chi connectivity index (χ1n) is 14.5. The second-order valence-corrected chi connectivity index (χ2v) is 11.6. The molecule has 1 aromatic rings. The number of hydrogen-bond donors (Lipinski definition) is 2. The summed E-state index contributed by atoms with van der Waals surface area (Å²) in [5, 5.41) is 6.26. The molecule has 9 heteroatoms. The monoisotopic (exact) mass is 555 g/mol. The number of halogens is 3. The number of amides is 2. The summed E-state index contributed by atoms with van der Waals surface area (Å²) < 4.78 is 43.5. The van der Waals surface area contributed by atoms with Crippen LogP contribution in [0.25, 0.3) is 0 Å². The van der Waals surface area contributed by atoms with E-state index in [0.29, 0.717) is 57.9 Å². The van der Waals surface area contributed by atoms with Crippen LogP contribution in [0.15, 0.2) is 18.2 Å². The SMILES string of the molecule is CCOCCCCC1(c2cccc(Cl)c2F)O[C@@]12CCCN(C(=O)N[C@H](CNC)CC1CCCCC1)C2F. The maximum absolute atomic E-state index is 16.4. The Balaban J connectivity index is 1.50. The zero-order chi connectivity index (χ0) is 27.2. The van der Waals surface area contributed by atoms with Gasteiger partial charge >= 0.3 is 6.03 Å². The van der Waals surface area contributed by atoms with Crippen molar-refractivity contribution in [2.45, 2.75) is 101 Å². The Morgan fingerprint density at radius 1 is 1.26 bits per heavy atom. The van der Waals surface area contributed by atoms with Crippen LogP contribution in [0.1, 0.15) is 83.1 Å². The van der Waals surface area contributed by atoms with E-state index >= 15 is 8.78 Å². The van der Waals surface area contributed by atoms with Crippen molar-refractivity contribution in [3.63, 3.8) is 0 Å². The van der Waals surface area contributed by atoms with E-state index in [9.17, 15) is 4.79 Å². The number of nitrogens with zero attached hydrogens (tertiary/aromatic N) is 1. The minimum atomic E-state index is -1.69. The fourth-order valence-electron chi connectivity index (χ4n) is 6.72. The number of nitrogens with one attached hydrogen (secondary N) is 2. The predicted octanol–water partition coefficient (Wildman–Crippen LogP) is 6.31. The summed E-state index contributed by atoms with van der Waals surface area (Å²) in [5.41, 5.74) is -2.18. The van der Waals surface area contributed by atoms with Gasteiger partial charge in [-0.3, -0.25) is 4.90 Å². The molecule has 6 nitrogen and oxygen atoms in total. The predicted molar refractivity (Wildman–Crippen MR) is 146 cm³/mol. The zero-order valence-corrected chi connectivity index (χ0v) is 23.6. The summed E-state index contributed by atoms with van der Waals surface area (Å²) in [5.74, 6) is 0.00405. The van der Waals surface area contributed by atoms with Crippen LogP contribution >= 0.6 is 11.6 Å². The van der Waals surface area contributed by atoms with Gasteiger partial charge < -0.3 is 20.1 Å². The molecule has 1 aliphatic carbocycles. The van der Waals surface area contributed by atoms with Crippen LogP contribution in [0, 0.1) is 11.7 Å². The first-order valence-corrected chi connectivity index (χ1v) is 14.8. The Morgan fingerprint density at radius 2 is 2.05 bits per heavy atom. The van der Waals surface area contributed by atoms with Crippen molar-refractivity contribution in [3.05, 3.63) is 34.6 Å². The minimum Gasteiger partial charge on any atom is -0.382 e. The number of rotatable bonds is 12. The molecule has 2 unspecified atom stereocenters. The average Bonchev–Trinajstić information content (AvgIpc) is 3.56. The van der Waals surface area contributed by atoms with Crippen LogP contribution in [0.3, 0.4) is 0 Å². The number of ether oxygens (including phenoxy) is 2. The maximum atomic E-state index is 16.4. The number of benzene rings is 1. The number of urea groups is 1. The standard InChI is InChI=1S/C29H44ClF2N3O3/c1-3-37-18-8-7-15-28(23-13-9-14-24(30)25(23)31)29(38-28)16-10-17-35(26(29)32)27(36)34-22(20-33-2)19-21-11-5-4-6-12-21/h9,13-14,21-22,26,33H,3-8,10-12,15-20H2,1-2H3,(H,34,36)/t22-,26?,28?,29+/m0/s1. The number of carbonyl (C=O) groups is 1. The van der Waals surface area contributed by atoms with Crippen molar-refractivity contribution in [2.24, 2.45) is 5.92 Å². The highest BCUT2D eigenvalue weighted by Gasteiger charge is 2.77. The van der Waals surface area contributed by atoms with E-state index in [1.165, 1.54) is 43.1 Å². The van der Waals surface area contributed by atoms with Crippen LogP contribution in [0.5, 0.6) is 0 Å².